The van der Waals surface area contributed by atoms with Gasteiger partial charge in [0.1, 0.15) is 0 Å². The van der Waals surface area contributed by atoms with Crippen LogP contribution in [0.25, 0.3) is 11.0 Å². The number of anilines is 1. The van der Waals surface area contributed by atoms with E-state index < -0.39 is 0 Å². The van der Waals surface area contributed by atoms with Gasteiger partial charge in [0.15, 0.2) is 0 Å². The molecule has 5 nitrogen and oxygen atoms in total. The lowest BCUT2D eigenvalue weighted by atomic mass is 10.1. The fourth-order valence-corrected chi connectivity index (χ4v) is 2.20. The fraction of sp³-hybridized carbons (Fsp3) is 0.125. The zero-order valence-electron chi connectivity index (χ0n) is 11.5. The molecule has 0 bridgehead atoms. The lowest BCUT2D eigenvalue weighted by molar-refractivity contribution is 0.102. The lowest BCUT2D eigenvalue weighted by Crippen LogP contribution is -2.11. The van der Waals surface area contributed by atoms with Crippen LogP contribution < -0.4 is 11.1 Å². The van der Waals surface area contributed by atoms with E-state index in [1.165, 1.54) is 0 Å². The normalized spacial score (nSPS) is 10.7. The number of nitrogens with two attached hydrogens (primary N) is 1. The van der Waals surface area contributed by atoms with Crippen LogP contribution in [0.4, 0.5) is 5.69 Å². The number of fused-ring (bicyclic) bond motifs is 1. The Morgan fingerprint density at radius 2 is 2.00 bits per heavy atom. The Balaban J connectivity index is 1.75. The molecule has 0 aliphatic carbocycles. The molecule has 0 fully saturated rings. The van der Waals surface area contributed by atoms with E-state index in [1.807, 2.05) is 30.3 Å². The first-order valence-electron chi connectivity index (χ1n) is 6.80. The minimum atomic E-state index is -0.141. The van der Waals surface area contributed by atoms with Gasteiger partial charge in [0.05, 0.1) is 17.4 Å². The number of carbonyl (C=O) groups excluding carboxylic acids is 1. The van der Waals surface area contributed by atoms with Crippen LogP contribution in [0.3, 0.4) is 0 Å². The molecule has 0 spiro atoms. The molecule has 0 unspecified atom stereocenters. The van der Waals surface area contributed by atoms with Gasteiger partial charge in [-0.3, -0.25) is 4.79 Å². The molecule has 2 aromatic carbocycles. The van der Waals surface area contributed by atoms with Crippen LogP contribution in [-0.2, 0) is 6.42 Å². The van der Waals surface area contributed by atoms with Crippen molar-refractivity contribution in [2.75, 3.05) is 11.9 Å². The van der Waals surface area contributed by atoms with E-state index in [0.29, 0.717) is 12.1 Å². The Morgan fingerprint density at radius 3 is 2.76 bits per heavy atom. The molecule has 3 rings (SSSR count). The largest absolute Gasteiger partial charge is 0.345 e. The highest BCUT2D eigenvalue weighted by Crippen LogP contribution is 2.15. The average Bonchev–Trinajstić information content (AvgIpc) is 2.97. The van der Waals surface area contributed by atoms with Gasteiger partial charge >= 0.3 is 0 Å². The second-order valence-electron chi connectivity index (χ2n) is 4.82. The molecule has 1 heterocycles. The summed E-state index contributed by atoms with van der Waals surface area (Å²) in [5.74, 6) is -0.141. The Labute approximate surface area is 122 Å². The molecular formula is C16H16N4O. The first-order chi connectivity index (χ1) is 10.3. The van der Waals surface area contributed by atoms with Crippen LogP contribution in [0.5, 0.6) is 0 Å². The maximum absolute atomic E-state index is 12.2. The van der Waals surface area contributed by atoms with Crippen molar-refractivity contribution in [1.82, 2.24) is 9.97 Å². The van der Waals surface area contributed by atoms with Gasteiger partial charge in [-0.15, -0.1) is 0 Å². The third kappa shape index (κ3) is 2.93. The Hall–Kier alpha value is -2.66. The molecule has 4 N–H and O–H groups in total. The van der Waals surface area contributed by atoms with Crippen molar-refractivity contribution in [1.29, 1.82) is 0 Å². The summed E-state index contributed by atoms with van der Waals surface area (Å²) in [7, 11) is 0. The molecule has 0 aliphatic rings. The number of aromatic amines is 1. The smallest absolute Gasteiger partial charge is 0.255 e. The van der Waals surface area contributed by atoms with Crippen LogP contribution in [0.2, 0.25) is 0 Å². The molecule has 5 heteroatoms. The van der Waals surface area contributed by atoms with Gasteiger partial charge in [-0.05, 0) is 48.9 Å². The van der Waals surface area contributed by atoms with Crippen molar-refractivity contribution in [3.63, 3.8) is 0 Å². The number of rotatable bonds is 4. The topological polar surface area (TPSA) is 83.8 Å². The second kappa shape index (κ2) is 5.76. The number of hydrogen-bond acceptors (Lipinski definition) is 3. The van der Waals surface area contributed by atoms with Crippen molar-refractivity contribution in [2.45, 2.75) is 6.42 Å². The van der Waals surface area contributed by atoms with Gasteiger partial charge < -0.3 is 16.0 Å². The Kier molecular flexibility index (Phi) is 3.66. The van der Waals surface area contributed by atoms with Gasteiger partial charge in [0.25, 0.3) is 5.91 Å². The number of amides is 1. The highest BCUT2D eigenvalue weighted by molar-refractivity contribution is 6.05. The fourth-order valence-electron chi connectivity index (χ4n) is 2.20. The SMILES string of the molecule is NCCc1ccc(NC(=O)c2ccc3nc[nH]c3c2)cc1. The molecule has 1 amide bonds. The van der Waals surface area contributed by atoms with E-state index in [0.717, 1.165) is 28.7 Å². The number of imidazole rings is 1. The van der Waals surface area contributed by atoms with E-state index in [-0.39, 0.29) is 5.91 Å². The van der Waals surface area contributed by atoms with E-state index in [1.54, 1.807) is 18.5 Å². The first kappa shape index (κ1) is 13.3. The summed E-state index contributed by atoms with van der Waals surface area (Å²) in [5, 5.41) is 2.88. The molecule has 21 heavy (non-hydrogen) atoms. The number of nitrogens with one attached hydrogen (secondary N) is 2. The summed E-state index contributed by atoms with van der Waals surface area (Å²) in [6.07, 6.45) is 2.45. The summed E-state index contributed by atoms with van der Waals surface area (Å²) < 4.78 is 0. The third-order valence-corrected chi connectivity index (χ3v) is 3.33. The summed E-state index contributed by atoms with van der Waals surface area (Å²) in [5.41, 5.74) is 9.73. The number of carbonyl (C=O) groups is 1. The highest BCUT2D eigenvalue weighted by atomic mass is 16.1. The Morgan fingerprint density at radius 1 is 1.19 bits per heavy atom. The molecule has 106 valence electrons. The molecule has 0 aliphatic heterocycles. The van der Waals surface area contributed by atoms with Crippen molar-refractivity contribution in [3.05, 3.63) is 59.9 Å². The van der Waals surface area contributed by atoms with Crippen molar-refractivity contribution < 1.29 is 4.79 Å². The van der Waals surface area contributed by atoms with Crippen molar-refractivity contribution in [2.24, 2.45) is 5.73 Å². The van der Waals surface area contributed by atoms with Gasteiger partial charge in [0, 0.05) is 11.3 Å². The summed E-state index contributed by atoms with van der Waals surface area (Å²) in [4.78, 5) is 19.4. The standard InChI is InChI=1S/C16H16N4O/c17-8-7-11-1-4-13(5-2-11)20-16(21)12-3-6-14-15(9-12)19-10-18-14/h1-6,9-10H,7-8,17H2,(H,18,19)(H,20,21). The number of hydrogen-bond donors (Lipinski definition) is 3. The van der Waals surface area contributed by atoms with Gasteiger partial charge in [-0.2, -0.15) is 0 Å². The summed E-state index contributed by atoms with van der Waals surface area (Å²) in [6, 6.07) is 13.1. The molecule has 1 aromatic heterocycles. The van der Waals surface area contributed by atoms with Crippen LogP contribution in [0, 0.1) is 0 Å². The van der Waals surface area contributed by atoms with Crippen molar-refractivity contribution in [3.8, 4) is 0 Å². The van der Waals surface area contributed by atoms with Crippen LogP contribution in [-0.4, -0.2) is 22.4 Å². The van der Waals surface area contributed by atoms with Gasteiger partial charge in [0.2, 0.25) is 0 Å². The summed E-state index contributed by atoms with van der Waals surface area (Å²) in [6.45, 7) is 0.621. The Bertz CT molecular complexity index is 761. The quantitative estimate of drug-likeness (QED) is 0.685. The predicted molar refractivity (Wildman–Crippen MR) is 83.2 cm³/mol. The molecule has 0 saturated carbocycles. The maximum atomic E-state index is 12.2. The number of nitrogens with zero attached hydrogens (tertiary/aromatic N) is 1. The molecular weight excluding hydrogens is 264 g/mol. The van der Waals surface area contributed by atoms with Gasteiger partial charge in [-0.25, -0.2) is 4.98 Å². The third-order valence-electron chi connectivity index (χ3n) is 3.33. The zero-order valence-corrected chi connectivity index (χ0v) is 11.5. The van der Waals surface area contributed by atoms with E-state index in [9.17, 15) is 4.79 Å². The second-order valence-corrected chi connectivity index (χ2v) is 4.82. The molecule has 0 atom stereocenters. The van der Waals surface area contributed by atoms with E-state index >= 15 is 0 Å². The first-order valence-corrected chi connectivity index (χ1v) is 6.80. The number of aromatic nitrogens is 2. The van der Waals surface area contributed by atoms with Crippen LogP contribution in [0.1, 0.15) is 15.9 Å². The maximum Gasteiger partial charge on any atom is 0.255 e. The van der Waals surface area contributed by atoms with Crippen LogP contribution >= 0.6 is 0 Å². The van der Waals surface area contributed by atoms with E-state index in [2.05, 4.69) is 15.3 Å². The number of benzene rings is 2. The highest BCUT2D eigenvalue weighted by Gasteiger charge is 2.07. The van der Waals surface area contributed by atoms with E-state index in [4.69, 9.17) is 5.73 Å². The lowest BCUT2D eigenvalue weighted by Gasteiger charge is -2.06. The van der Waals surface area contributed by atoms with Crippen molar-refractivity contribution >= 4 is 22.6 Å². The molecule has 0 saturated heterocycles. The monoisotopic (exact) mass is 280 g/mol. The minimum Gasteiger partial charge on any atom is -0.345 e. The molecule has 3 aromatic rings. The van der Waals surface area contributed by atoms with Crippen LogP contribution in [0.15, 0.2) is 48.8 Å². The number of H-pyrrole nitrogens is 1. The minimum absolute atomic E-state index is 0.141. The zero-order chi connectivity index (χ0) is 14.7. The van der Waals surface area contributed by atoms with Gasteiger partial charge in [-0.1, -0.05) is 12.1 Å². The molecule has 0 radical (unpaired) electrons. The summed E-state index contributed by atoms with van der Waals surface area (Å²) >= 11 is 0. The average molecular weight is 280 g/mol. The predicted octanol–water partition coefficient (Wildman–Crippen LogP) is 2.32.